The van der Waals surface area contributed by atoms with Crippen LogP contribution in [0.1, 0.15) is 18.1 Å². The molecule has 0 aromatic heterocycles. The fraction of sp³-hybridized carbons (Fsp3) is 0.158. The van der Waals surface area contributed by atoms with Crippen LogP contribution in [-0.4, -0.2) is 18.0 Å². The molecule has 1 N–H and O–H groups in total. The number of hydrogen-bond acceptors (Lipinski definition) is 3. The quantitative estimate of drug-likeness (QED) is 0.635. The average molecular weight is 362 g/mol. The van der Waals surface area contributed by atoms with E-state index in [0.717, 1.165) is 17.2 Å². The Morgan fingerprint density at radius 3 is 2.52 bits per heavy atom. The molecule has 0 fully saturated rings. The second kappa shape index (κ2) is 8.44. The maximum absolute atomic E-state index is 13.0. The van der Waals surface area contributed by atoms with Gasteiger partial charge >= 0.3 is 5.97 Å². The number of carbonyl (C=O) groups is 2. The van der Waals surface area contributed by atoms with Gasteiger partial charge in [0.2, 0.25) is 0 Å². The highest BCUT2D eigenvalue weighted by atomic mass is 35.5. The van der Waals surface area contributed by atoms with E-state index in [2.05, 4.69) is 5.32 Å². The highest BCUT2D eigenvalue weighted by molar-refractivity contribution is 6.33. The first kappa shape index (κ1) is 18.7. The summed E-state index contributed by atoms with van der Waals surface area (Å²) >= 11 is 5.84. The van der Waals surface area contributed by atoms with E-state index in [4.69, 9.17) is 16.3 Å². The molecule has 1 amide bonds. The van der Waals surface area contributed by atoms with Gasteiger partial charge in [-0.3, -0.25) is 4.79 Å². The van der Waals surface area contributed by atoms with Crippen molar-refractivity contribution in [2.24, 2.45) is 0 Å². The Morgan fingerprint density at radius 1 is 1.20 bits per heavy atom. The number of carbonyl (C=O) groups excluding carboxylic acids is 2. The molecule has 6 heteroatoms. The summed E-state index contributed by atoms with van der Waals surface area (Å²) in [6.07, 6.45) is 1.82. The van der Waals surface area contributed by atoms with Gasteiger partial charge in [-0.05, 0) is 43.7 Å². The van der Waals surface area contributed by atoms with Crippen LogP contribution in [0.2, 0.25) is 5.02 Å². The molecule has 130 valence electrons. The highest BCUT2D eigenvalue weighted by Gasteiger charge is 2.17. The van der Waals surface area contributed by atoms with E-state index in [9.17, 15) is 14.0 Å². The maximum Gasteiger partial charge on any atom is 0.331 e. The molecule has 2 aromatic carbocycles. The first-order chi connectivity index (χ1) is 11.8. The van der Waals surface area contributed by atoms with Gasteiger partial charge in [-0.1, -0.05) is 41.4 Å². The molecule has 0 spiro atoms. The van der Waals surface area contributed by atoms with Crippen molar-refractivity contribution in [3.05, 3.63) is 70.5 Å². The van der Waals surface area contributed by atoms with E-state index in [0.29, 0.717) is 0 Å². The van der Waals surface area contributed by atoms with E-state index in [1.165, 1.54) is 25.1 Å². The van der Waals surface area contributed by atoms with Gasteiger partial charge in [0, 0.05) is 6.08 Å². The minimum atomic E-state index is -1.03. The topological polar surface area (TPSA) is 55.4 Å². The summed E-state index contributed by atoms with van der Waals surface area (Å²) in [6.45, 7) is 3.40. The summed E-state index contributed by atoms with van der Waals surface area (Å²) in [5.74, 6) is -1.72. The number of anilines is 1. The van der Waals surface area contributed by atoms with Crippen LogP contribution >= 0.6 is 11.6 Å². The minimum Gasteiger partial charge on any atom is -0.449 e. The Balaban J connectivity index is 1.91. The second-order valence-electron chi connectivity index (χ2n) is 5.44. The van der Waals surface area contributed by atoms with Gasteiger partial charge in [0.05, 0.1) is 10.7 Å². The highest BCUT2D eigenvalue weighted by Crippen LogP contribution is 2.22. The van der Waals surface area contributed by atoms with Crippen LogP contribution in [0.15, 0.2) is 48.5 Å². The van der Waals surface area contributed by atoms with Crippen molar-refractivity contribution in [1.82, 2.24) is 0 Å². The molecule has 0 saturated carbocycles. The summed E-state index contributed by atoms with van der Waals surface area (Å²) in [6, 6.07) is 11.2. The van der Waals surface area contributed by atoms with Crippen molar-refractivity contribution in [2.45, 2.75) is 20.0 Å². The molecule has 0 bridgehead atoms. The number of hydrogen-bond donors (Lipinski definition) is 1. The number of amides is 1. The van der Waals surface area contributed by atoms with Gasteiger partial charge in [-0.15, -0.1) is 0 Å². The number of halogens is 2. The van der Waals surface area contributed by atoms with Crippen LogP contribution in [0.25, 0.3) is 6.08 Å². The number of nitrogens with one attached hydrogen (secondary N) is 1. The van der Waals surface area contributed by atoms with Crippen molar-refractivity contribution in [1.29, 1.82) is 0 Å². The van der Waals surface area contributed by atoms with E-state index < -0.39 is 23.8 Å². The molecule has 0 aliphatic rings. The Bertz CT molecular complexity index is 803. The SMILES string of the molecule is Cc1ccc(/C=C/C(=O)O[C@H](C)C(=O)Nc2ccc(F)cc2Cl)cc1. The van der Waals surface area contributed by atoms with Gasteiger partial charge in [0.15, 0.2) is 6.10 Å². The molecule has 1 atom stereocenters. The molecule has 0 unspecified atom stereocenters. The van der Waals surface area contributed by atoms with Crippen molar-refractivity contribution in [3.8, 4) is 0 Å². The van der Waals surface area contributed by atoms with Crippen molar-refractivity contribution < 1.29 is 18.7 Å². The Labute approximate surface area is 150 Å². The van der Waals surface area contributed by atoms with Crippen LogP contribution in [0.5, 0.6) is 0 Å². The molecule has 2 aromatic rings. The van der Waals surface area contributed by atoms with Crippen molar-refractivity contribution in [2.75, 3.05) is 5.32 Å². The first-order valence-corrected chi connectivity index (χ1v) is 7.94. The number of rotatable bonds is 5. The molecular weight excluding hydrogens is 345 g/mol. The molecule has 2 rings (SSSR count). The summed E-state index contributed by atoms with van der Waals surface area (Å²) < 4.78 is 18.0. The second-order valence-corrected chi connectivity index (χ2v) is 5.84. The standard InChI is InChI=1S/C19H17ClFNO3/c1-12-3-5-14(6-4-12)7-10-18(23)25-13(2)19(24)22-17-9-8-15(21)11-16(17)20/h3-11,13H,1-2H3,(H,22,24)/b10-7+/t13-/m1/s1. The number of ether oxygens (including phenoxy) is 1. The third-order valence-corrected chi connectivity index (χ3v) is 3.65. The van der Waals surface area contributed by atoms with Crippen LogP contribution < -0.4 is 5.32 Å². The van der Waals surface area contributed by atoms with E-state index >= 15 is 0 Å². The molecule has 0 aliphatic heterocycles. The molecule has 0 radical (unpaired) electrons. The van der Waals surface area contributed by atoms with Crippen molar-refractivity contribution >= 4 is 35.2 Å². The van der Waals surface area contributed by atoms with E-state index in [-0.39, 0.29) is 10.7 Å². The number of aryl methyl sites for hydroxylation is 1. The third kappa shape index (κ3) is 5.72. The molecule has 0 aliphatic carbocycles. The smallest absolute Gasteiger partial charge is 0.331 e. The first-order valence-electron chi connectivity index (χ1n) is 7.56. The third-order valence-electron chi connectivity index (χ3n) is 3.34. The van der Waals surface area contributed by atoms with Gasteiger partial charge < -0.3 is 10.1 Å². The normalized spacial score (nSPS) is 12.0. The summed E-state index contributed by atoms with van der Waals surface area (Å²) in [5, 5.41) is 2.54. The molecule has 0 heterocycles. The minimum absolute atomic E-state index is 0.0612. The molecular formula is C19H17ClFNO3. The lowest BCUT2D eigenvalue weighted by Crippen LogP contribution is -2.29. The van der Waals surface area contributed by atoms with E-state index in [1.807, 2.05) is 31.2 Å². The van der Waals surface area contributed by atoms with Crippen LogP contribution in [0.4, 0.5) is 10.1 Å². The summed E-state index contributed by atoms with van der Waals surface area (Å²) in [4.78, 5) is 23.8. The lowest BCUT2D eigenvalue weighted by molar-refractivity contribution is -0.148. The fourth-order valence-corrected chi connectivity index (χ4v) is 2.15. The van der Waals surface area contributed by atoms with Crippen molar-refractivity contribution in [3.63, 3.8) is 0 Å². The largest absolute Gasteiger partial charge is 0.449 e. The monoisotopic (exact) mass is 361 g/mol. The maximum atomic E-state index is 13.0. The van der Waals surface area contributed by atoms with Gasteiger partial charge in [-0.2, -0.15) is 0 Å². The molecule has 0 saturated heterocycles. The predicted octanol–water partition coefficient (Wildman–Crippen LogP) is 4.37. The predicted molar refractivity (Wildman–Crippen MR) is 95.8 cm³/mol. The van der Waals surface area contributed by atoms with Crippen LogP contribution in [0, 0.1) is 12.7 Å². The average Bonchev–Trinajstić information content (AvgIpc) is 2.56. The molecule has 25 heavy (non-hydrogen) atoms. The lowest BCUT2D eigenvalue weighted by Gasteiger charge is -2.13. The zero-order valence-corrected chi connectivity index (χ0v) is 14.5. The Kier molecular flexibility index (Phi) is 6.31. The summed E-state index contributed by atoms with van der Waals surface area (Å²) in [7, 11) is 0. The Hall–Kier alpha value is -2.66. The van der Waals surface area contributed by atoms with Gasteiger partial charge in [-0.25, -0.2) is 9.18 Å². The lowest BCUT2D eigenvalue weighted by atomic mass is 10.1. The van der Waals surface area contributed by atoms with Gasteiger partial charge in [0.1, 0.15) is 5.82 Å². The Morgan fingerprint density at radius 2 is 1.88 bits per heavy atom. The van der Waals surface area contributed by atoms with Gasteiger partial charge in [0.25, 0.3) is 5.91 Å². The number of esters is 1. The zero-order valence-electron chi connectivity index (χ0n) is 13.8. The van der Waals surface area contributed by atoms with Crippen LogP contribution in [0.3, 0.4) is 0 Å². The van der Waals surface area contributed by atoms with E-state index in [1.54, 1.807) is 6.08 Å². The molecule has 4 nitrogen and oxygen atoms in total. The zero-order chi connectivity index (χ0) is 18.4. The van der Waals surface area contributed by atoms with Crippen LogP contribution in [-0.2, 0) is 14.3 Å². The fourth-order valence-electron chi connectivity index (χ4n) is 1.93. The summed E-state index contributed by atoms with van der Waals surface area (Å²) in [5.41, 5.74) is 2.20. The number of benzene rings is 2.